The van der Waals surface area contributed by atoms with Crippen molar-refractivity contribution >= 4 is 12.0 Å². The third-order valence-electron chi connectivity index (χ3n) is 4.66. The Kier molecular flexibility index (Phi) is 6.08. The highest BCUT2D eigenvalue weighted by atomic mass is 19.4. The monoisotopic (exact) mass is 450 g/mol. The van der Waals surface area contributed by atoms with Gasteiger partial charge in [-0.1, -0.05) is 0 Å². The van der Waals surface area contributed by atoms with Crippen molar-refractivity contribution in [2.24, 2.45) is 0 Å². The summed E-state index contributed by atoms with van der Waals surface area (Å²) in [4.78, 5) is 24.6. The number of amides is 2. The predicted octanol–water partition coefficient (Wildman–Crippen LogP) is 0.991. The maximum Gasteiger partial charge on any atom is 0.451 e. The van der Waals surface area contributed by atoms with Crippen LogP contribution in [0.5, 0.6) is 0 Å². The van der Waals surface area contributed by atoms with Gasteiger partial charge in [0.15, 0.2) is 17.5 Å². The first-order chi connectivity index (χ1) is 14.5. The number of benzene rings is 1. The summed E-state index contributed by atoms with van der Waals surface area (Å²) in [5.74, 6) is -5.90. The lowest BCUT2D eigenvalue weighted by molar-refractivity contribution is -0.251. The molecule has 31 heavy (non-hydrogen) atoms. The Morgan fingerprint density at radius 2 is 1.77 bits per heavy atom. The van der Waals surface area contributed by atoms with Crippen LogP contribution in [0.1, 0.15) is 23.6 Å². The molecule has 0 bridgehead atoms. The third kappa shape index (κ3) is 5.06. The Labute approximate surface area is 170 Å². The van der Waals surface area contributed by atoms with Gasteiger partial charge in [-0.3, -0.25) is 4.79 Å². The molecule has 168 valence electrons. The van der Waals surface area contributed by atoms with Crippen LogP contribution >= 0.6 is 0 Å². The number of hydrogen-bond donors (Lipinski definition) is 1. The fourth-order valence-corrected chi connectivity index (χ4v) is 3.25. The summed E-state index contributed by atoms with van der Waals surface area (Å²) in [7, 11) is 0. The number of carboxylic acid groups (broad SMARTS) is 1. The average Bonchev–Trinajstić information content (AvgIpc) is 3.09. The molecule has 1 aromatic heterocycles. The van der Waals surface area contributed by atoms with Crippen molar-refractivity contribution < 1.29 is 41.0 Å². The molecule has 0 radical (unpaired) electrons. The average molecular weight is 450 g/mol. The Balaban J connectivity index is 1.72. The summed E-state index contributed by atoms with van der Waals surface area (Å²) in [6.07, 6.45) is -7.53. The molecular formula is C17H14F6N5O3-. The Morgan fingerprint density at radius 1 is 1.10 bits per heavy atom. The molecule has 2 amide bonds. The molecule has 0 spiro atoms. The Bertz CT molecular complexity index is 1010. The fourth-order valence-electron chi connectivity index (χ4n) is 3.25. The maximum atomic E-state index is 13.9. The van der Waals surface area contributed by atoms with E-state index in [2.05, 4.69) is 10.2 Å². The molecule has 14 heteroatoms. The first kappa shape index (κ1) is 22.4. The number of fused-ring (bicyclic) bond motifs is 1. The van der Waals surface area contributed by atoms with E-state index in [1.807, 2.05) is 5.32 Å². The van der Waals surface area contributed by atoms with E-state index >= 15 is 0 Å². The van der Waals surface area contributed by atoms with E-state index in [-0.39, 0.29) is 37.1 Å². The fraction of sp³-hybridized carbons (Fsp3) is 0.412. The van der Waals surface area contributed by atoms with Crippen molar-refractivity contribution in [2.75, 3.05) is 6.54 Å². The minimum atomic E-state index is -4.71. The Morgan fingerprint density at radius 3 is 2.42 bits per heavy atom. The molecule has 1 N–H and O–H groups in total. The van der Waals surface area contributed by atoms with Gasteiger partial charge >= 0.3 is 6.18 Å². The lowest BCUT2D eigenvalue weighted by atomic mass is 10.0. The van der Waals surface area contributed by atoms with Crippen molar-refractivity contribution in [3.05, 3.63) is 46.8 Å². The number of carbonyl (C=O) groups is 2. The second-order valence-corrected chi connectivity index (χ2v) is 6.80. The normalized spacial score (nSPS) is 14.8. The first-order valence-corrected chi connectivity index (χ1v) is 8.83. The molecule has 3 rings (SSSR count). The number of hydrogen-bond acceptors (Lipinski definition) is 5. The van der Waals surface area contributed by atoms with Crippen LogP contribution in [-0.4, -0.2) is 44.3 Å². The minimum Gasteiger partial charge on any atom is -0.530 e. The van der Waals surface area contributed by atoms with Gasteiger partial charge in [0.05, 0.1) is 6.54 Å². The van der Waals surface area contributed by atoms with Gasteiger partial charge in [0.1, 0.15) is 11.9 Å². The summed E-state index contributed by atoms with van der Waals surface area (Å²) in [6.45, 7) is -0.677. The standard InChI is InChI=1S/C17H15F6N5O3/c18-10-6-12(20)11(19)4-8(10)3-9(24-16(30)31)5-14(29)27-1-2-28-13(7-27)25-26-15(28)17(21,22)23/h4,6,9,24H,1-3,5,7H2,(H,30,31)/p-1/t9-/m1/s1. The zero-order valence-electron chi connectivity index (χ0n) is 15.5. The highest BCUT2D eigenvalue weighted by molar-refractivity contribution is 5.77. The van der Waals surface area contributed by atoms with Crippen LogP contribution in [0.25, 0.3) is 0 Å². The molecule has 8 nitrogen and oxygen atoms in total. The van der Waals surface area contributed by atoms with Crippen LogP contribution in [-0.2, 0) is 30.5 Å². The van der Waals surface area contributed by atoms with Crippen molar-refractivity contribution in [1.29, 1.82) is 0 Å². The summed E-state index contributed by atoms with van der Waals surface area (Å²) in [5.41, 5.74) is -0.376. The molecule has 0 aliphatic carbocycles. The second-order valence-electron chi connectivity index (χ2n) is 6.80. The van der Waals surface area contributed by atoms with Crippen LogP contribution in [0.15, 0.2) is 12.1 Å². The van der Waals surface area contributed by atoms with Gasteiger partial charge in [0.25, 0.3) is 0 Å². The first-order valence-electron chi connectivity index (χ1n) is 8.83. The molecule has 1 aliphatic heterocycles. The lowest BCUT2D eigenvalue weighted by Crippen LogP contribution is -2.48. The zero-order chi connectivity index (χ0) is 22.9. The van der Waals surface area contributed by atoms with Crippen LogP contribution in [0.2, 0.25) is 0 Å². The van der Waals surface area contributed by atoms with Crippen molar-refractivity contribution in [3.8, 4) is 0 Å². The summed E-state index contributed by atoms with van der Waals surface area (Å²) < 4.78 is 79.9. The molecule has 2 heterocycles. The molecule has 0 unspecified atom stereocenters. The van der Waals surface area contributed by atoms with E-state index in [0.29, 0.717) is 6.07 Å². The minimum absolute atomic E-state index is 0.108. The smallest absolute Gasteiger partial charge is 0.451 e. The van der Waals surface area contributed by atoms with Crippen molar-refractivity contribution in [3.63, 3.8) is 0 Å². The number of aromatic nitrogens is 3. The van der Waals surface area contributed by atoms with E-state index in [0.717, 1.165) is 9.47 Å². The van der Waals surface area contributed by atoms with Crippen LogP contribution in [0.4, 0.5) is 31.1 Å². The van der Waals surface area contributed by atoms with Gasteiger partial charge in [-0.25, -0.2) is 13.2 Å². The highest BCUT2D eigenvalue weighted by Crippen LogP contribution is 2.29. The number of nitrogens with one attached hydrogen (secondary N) is 1. The summed E-state index contributed by atoms with van der Waals surface area (Å²) >= 11 is 0. The quantitative estimate of drug-likeness (QED) is 0.541. The summed E-state index contributed by atoms with van der Waals surface area (Å²) in [5, 5.41) is 19.3. The van der Waals surface area contributed by atoms with E-state index in [1.165, 1.54) is 0 Å². The number of nitrogens with zero attached hydrogens (tertiary/aromatic N) is 4. The van der Waals surface area contributed by atoms with Crippen molar-refractivity contribution in [1.82, 2.24) is 25.0 Å². The molecule has 2 aromatic rings. The Hall–Kier alpha value is -3.32. The van der Waals surface area contributed by atoms with Gasteiger partial charge < -0.3 is 24.7 Å². The maximum absolute atomic E-state index is 13.9. The lowest BCUT2D eigenvalue weighted by Gasteiger charge is -2.30. The SMILES string of the molecule is O=C([O-])N[C@@H](CC(=O)N1CCn2c(nnc2C(F)(F)F)C1)Cc1cc(F)c(F)cc1F. The van der Waals surface area contributed by atoms with Gasteiger partial charge in [-0.15, -0.1) is 10.2 Å². The van der Waals surface area contributed by atoms with Gasteiger partial charge in [0, 0.05) is 31.6 Å². The largest absolute Gasteiger partial charge is 0.530 e. The summed E-state index contributed by atoms with van der Waals surface area (Å²) in [6, 6.07) is -0.429. The highest BCUT2D eigenvalue weighted by Gasteiger charge is 2.40. The topological polar surface area (TPSA) is 103 Å². The molecular weight excluding hydrogens is 436 g/mol. The van der Waals surface area contributed by atoms with E-state index in [1.54, 1.807) is 0 Å². The van der Waals surface area contributed by atoms with Crippen molar-refractivity contribution in [2.45, 2.75) is 38.1 Å². The second kappa shape index (κ2) is 8.43. The molecule has 0 saturated carbocycles. The zero-order valence-corrected chi connectivity index (χ0v) is 15.5. The molecule has 1 aliphatic rings. The van der Waals surface area contributed by atoms with Gasteiger partial charge in [-0.2, -0.15) is 13.2 Å². The van der Waals surface area contributed by atoms with Crippen LogP contribution < -0.4 is 10.4 Å². The molecule has 0 saturated heterocycles. The van der Waals surface area contributed by atoms with Crippen LogP contribution in [0, 0.1) is 17.5 Å². The predicted molar refractivity (Wildman–Crippen MR) is 87.4 cm³/mol. The molecule has 0 fully saturated rings. The number of carbonyl (C=O) groups excluding carboxylic acids is 2. The van der Waals surface area contributed by atoms with E-state index < -0.39 is 60.3 Å². The van der Waals surface area contributed by atoms with E-state index in [9.17, 15) is 41.0 Å². The van der Waals surface area contributed by atoms with Crippen LogP contribution in [0.3, 0.4) is 0 Å². The third-order valence-corrected chi connectivity index (χ3v) is 4.66. The number of halogens is 6. The van der Waals surface area contributed by atoms with Gasteiger partial charge in [-0.05, 0) is 18.1 Å². The van der Waals surface area contributed by atoms with Gasteiger partial charge in [0.2, 0.25) is 11.7 Å². The number of rotatable bonds is 5. The number of alkyl halides is 3. The molecule has 1 atom stereocenters. The molecule has 1 aromatic carbocycles. The van der Waals surface area contributed by atoms with E-state index in [4.69, 9.17) is 0 Å².